The molecule has 0 fully saturated rings. The van der Waals surface area contributed by atoms with Gasteiger partial charge in [0.15, 0.2) is 0 Å². The summed E-state index contributed by atoms with van der Waals surface area (Å²) in [4.78, 5) is 0. The third-order valence-electron chi connectivity index (χ3n) is 2.95. The van der Waals surface area contributed by atoms with E-state index in [2.05, 4.69) is 0 Å². The van der Waals surface area contributed by atoms with Crippen LogP contribution in [-0.2, 0) is 0 Å². The number of phenols is 1. The SMILES string of the molecule is C/C(N)=C(N)/C(C)=C(\C)c1ccc(C)cc1O. The summed E-state index contributed by atoms with van der Waals surface area (Å²) in [5.74, 6) is 0.268. The quantitative estimate of drug-likeness (QED) is 0.686. The molecular weight excluding hydrogens is 212 g/mol. The number of benzene rings is 1. The summed E-state index contributed by atoms with van der Waals surface area (Å²) >= 11 is 0. The summed E-state index contributed by atoms with van der Waals surface area (Å²) in [6, 6.07) is 5.59. The molecule has 0 radical (unpaired) electrons. The Bertz CT molecular complexity index is 495. The molecule has 0 aliphatic carbocycles. The van der Waals surface area contributed by atoms with Crippen molar-refractivity contribution in [1.82, 2.24) is 0 Å². The summed E-state index contributed by atoms with van der Waals surface area (Å²) in [6.45, 7) is 7.53. The first-order chi connectivity index (χ1) is 7.84. The molecule has 1 aromatic carbocycles. The van der Waals surface area contributed by atoms with Gasteiger partial charge in [-0.1, -0.05) is 12.1 Å². The van der Waals surface area contributed by atoms with E-state index in [9.17, 15) is 5.11 Å². The Morgan fingerprint density at radius 1 is 1.12 bits per heavy atom. The van der Waals surface area contributed by atoms with Crippen LogP contribution in [0.25, 0.3) is 5.57 Å². The standard InChI is InChI=1S/C14H20N2O/c1-8-5-6-12(13(17)7-8)9(2)10(3)14(16)11(4)15/h5-7,17H,15-16H2,1-4H3/b10-9+,14-11+. The van der Waals surface area contributed by atoms with Crippen molar-refractivity contribution in [3.05, 3.63) is 46.3 Å². The number of aryl methyl sites for hydroxylation is 1. The largest absolute Gasteiger partial charge is 0.507 e. The molecule has 0 aliphatic rings. The normalized spacial score (nSPS) is 14.1. The maximum atomic E-state index is 9.91. The topological polar surface area (TPSA) is 72.3 Å². The number of hydrogen-bond donors (Lipinski definition) is 3. The van der Waals surface area contributed by atoms with E-state index in [-0.39, 0.29) is 5.75 Å². The molecule has 0 bridgehead atoms. The van der Waals surface area contributed by atoms with Gasteiger partial charge in [-0.15, -0.1) is 0 Å². The molecule has 0 aliphatic heterocycles. The lowest BCUT2D eigenvalue weighted by Crippen LogP contribution is -2.09. The maximum absolute atomic E-state index is 9.91. The van der Waals surface area contributed by atoms with Crippen LogP contribution in [-0.4, -0.2) is 5.11 Å². The van der Waals surface area contributed by atoms with Crippen LogP contribution < -0.4 is 11.5 Å². The second-order valence-corrected chi connectivity index (χ2v) is 4.37. The lowest BCUT2D eigenvalue weighted by molar-refractivity contribution is 0.473. The molecule has 3 nitrogen and oxygen atoms in total. The van der Waals surface area contributed by atoms with Crippen LogP contribution in [0.4, 0.5) is 0 Å². The van der Waals surface area contributed by atoms with Gasteiger partial charge in [-0.3, -0.25) is 0 Å². The molecule has 1 rings (SSSR count). The number of hydrogen-bond acceptors (Lipinski definition) is 3. The Balaban J connectivity index is 3.34. The van der Waals surface area contributed by atoms with Crippen molar-refractivity contribution >= 4 is 5.57 Å². The van der Waals surface area contributed by atoms with Crippen LogP contribution in [0.3, 0.4) is 0 Å². The first-order valence-electron chi connectivity index (χ1n) is 5.54. The zero-order valence-electron chi connectivity index (χ0n) is 10.8. The third-order valence-corrected chi connectivity index (χ3v) is 2.95. The lowest BCUT2D eigenvalue weighted by atomic mass is 9.98. The molecule has 0 unspecified atom stereocenters. The van der Waals surface area contributed by atoms with Gasteiger partial charge in [0, 0.05) is 11.3 Å². The first-order valence-corrected chi connectivity index (χ1v) is 5.54. The molecule has 5 N–H and O–H groups in total. The number of aromatic hydroxyl groups is 1. The summed E-state index contributed by atoms with van der Waals surface area (Å²) in [7, 11) is 0. The Morgan fingerprint density at radius 3 is 2.18 bits per heavy atom. The van der Waals surface area contributed by atoms with Crippen molar-refractivity contribution in [2.24, 2.45) is 11.5 Å². The van der Waals surface area contributed by atoms with E-state index in [0.717, 1.165) is 22.3 Å². The van der Waals surface area contributed by atoms with E-state index in [1.165, 1.54) is 0 Å². The summed E-state index contributed by atoms with van der Waals surface area (Å²) in [5.41, 5.74) is 16.4. The molecule has 92 valence electrons. The van der Waals surface area contributed by atoms with Crippen molar-refractivity contribution in [3.63, 3.8) is 0 Å². The van der Waals surface area contributed by atoms with Crippen molar-refractivity contribution in [1.29, 1.82) is 0 Å². The third kappa shape index (κ3) is 2.81. The molecule has 0 spiro atoms. The molecule has 0 saturated heterocycles. The van der Waals surface area contributed by atoms with Crippen molar-refractivity contribution in [2.75, 3.05) is 0 Å². The van der Waals surface area contributed by atoms with E-state index in [1.807, 2.05) is 32.9 Å². The lowest BCUT2D eigenvalue weighted by Gasteiger charge is -2.12. The van der Waals surface area contributed by atoms with Gasteiger partial charge in [0.1, 0.15) is 5.75 Å². The summed E-state index contributed by atoms with van der Waals surface area (Å²) < 4.78 is 0. The van der Waals surface area contributed by atoms with Crippen LogP contribution in [0.5, 0.6) is 5.75 Å². The number of allylic oxidation sites excluding steroid dienone is 3. The Kier molecular flexibility index (Phi) is 3.84. The Labute approximate surface area is 102 Å². The zero-order chi connectivity index (χ0) is 13.2. The molecule has 3 heteroatoms. The fraction of sp³-hybridized carbons (Fsp3) is 0.286. The van der Waals surface area contributed by atoms with E-state index < -0.39 is 0 Å². The minimum atomic E-state index is 0.268. The highest BCUT2D eigenvalue weighted by atomic mass is 16.3. The minimum Gasteiger partial charge on any atom is -0.507 e. The first kappa shape index (κ1) is 13.2. The minimum absolute atomic E-state index is 0.268. The van der Waals surface area contributed by atoms with Crippen LogP contribution in [0.15, 0.2) is 35.2 Å². The summed E-state index contributed by atoms with van der Waals surface area (Å²) in [5, 5.41) is 9.91. The highest BCUT2D eigenvalue weighted by molar-refractivity contribution is 5.74. The Morgan fingerprint density at radius 2 is 1.71 bits per heavy atom. The van der Waals surface area contributed by atoms with Crippen LogP contribution in [0.2, 0.25) is 0 Å². The van der Waals surface area contributed by atoms with Crippen molar-refractivity contribution < 1.29 is 5.11 Å². The molecule has 0 aromatic heterocycles. The number of nitrogens with two attached hydrogens (primary N) is 2. The predicted molar refractivity (Wildman–Crippen MR) is 72.2 cm³/mol. The smallest absolute Gasteiger partial charge is 0.123 e. The van der Waals surface area contributed by atoms with Gasteiger partial charge in [0.2, 0.25) is 0 Å². The van der Waals surface area contributed by atoms with E-state index in [0.29, 0.717) is 11.4 Å². The second kappa shape index (κ2) is 4.95. The monoisotopic (exact) mass is 232 g/mol. The van der Waals surface area contributed by atoms with Crippen LogP contribution in [0, 0.1) is 6.92 Å². The maximum Gasteiger partial charge on any atom is 0.123 e. The van der Waals surface area contributed by atoms with Gasteiger partial charge in [0.25, 0.3) is 0 Å². The molecule has 0 amide bonds. The molecule has 0 saturated carbocycles. The van der Waals surface area contributed by atoms with Gasteiger partial charge in [-0.2, -0.15) is 0 Å². The van der Waals surface area contributed by atoms with Crippen molar-refractivity contribution in [3.8, 4) is 5.75 Å². The summed E-state index contributed by atoms with van der Waals surface area (Å²) in [6.07, 6.45) is 0. The van der Waals surface area contributed by atoms with Gasteiger partial charge < -0.3 is 16.6 Å². The van der Waals surface area contributed by atoms with Gasteiger partial charge in [0.05, 0.1) is 5.70 Å². The fourth-order valence-corrected chi connectivity index (χ4v) is 1.66. The van der Waals surface area contributed by atoms with Crippen LogP contribution in [0.1, 0.15) is 31.9 Å². The van der Waals surface area contributed by atoms with Gasteiger partial charge in [-0.25, -0.2) is 0 Å². The fourth-order valence-electron chi connectivity index (χ4n) is 1.66. The molecular formula is C14H20N2O. The zero-order valence-corrected chi connectivity index (χ0v) is 10.8. The highest BCUT2D eigenvalue weighted by Crippen LogP contribution is 2.29. The number of phenolic OH excluding ortho intramolecular Hbond substituents is 1. The highest BCUT2D eigenvalue weighted by Gasteiger charge is 2.08. The van der Waals surface area contributed by atoms with Crippen molar-refractivity contribution in [2.45, 2.75) is 27.7 Å². The average molecular weight is 232 g/mol. The van der Waals surface area contributed by atoms with Crippen LogP contribution >= 0.6 is 0 Å². The molecule has 0 atom stereocenters. The van der Waals surface area contributed by atoms with E-state index in [1.54, 1.807) is 13.0 Å². The van der Waals surface area contributed by atoms with Gasteiger partial charge in [-0.05, 0) is 50.5 Å². The molecule has 0 heterocycles. The molecule has 1 aromatic rings. The predicted octanol–water partition coefficient (Wildman–Crippen LogP) is 2.64. The second-order valence-electron chi connectivity index (χ2n) is 4.37. The Hall–Kier alpha value is -1.90. The number of rotatable bonds is 2. The van der Waals surface area contributed by atoms with Gasteiger partial charge >= 0.3 is 0 Å². The van der Waals surface area contributed by atoms with E-state index in [4.69, 9.17) is 11.5 Å². The average Bonchev–Trinajstić information content (AvgIpc) is 2.26. The molecule has 17 heavy (non-hydrogen) atoms. The van der Waals surface area contributed by atoms with E-state index >= 15 is 0 Å².